The van der Waals surface area contributed by atoms with Crippen LogP contribution in [0.2, 0.25) is 0 Å². The van der Waals surface area contributed by atoms with Crippen molar-refractivity contribution in [3.05, 3.63) is 200 Å². The Morgan fingerprint density at radius 3 is 1.56 bits per heavy atom. The highest BCUT2D eigenvalue weighted by Gasteiger charge is 2.24. The molecule has 0 spiro atoms. The third-order valence-corrected chi connectivity index (χ3v) is 9.49. The number of furan rings is 1. The highest BCUT2D eigenvalue weighted by molar-refractivity contribution is 6.17. The van der Waals surface area contributed by atoms with Crippen molar-refractivity contribution < 1.29 is 4.42 Å². The Kier molecular flexibility index (Phi) is 7.53. The maximum absolute atomic E-state index is 6.75. The van der Waals surface area contributed by atoms with E-state index >= 15 is 0 Å². The van der Waals surface area contributed by atoms with E-state index in [1.165, 1.54) is 16.7 Å². The maximum atomic E-state index is 6.75. The van der Waals surface area contributed by atoms with Gasteiger partial charge in [-0.15, -0.1) is 0 Å². The lowest BCUT2D eigenvalue weighted by Crippen LogP contribution is -2.12. The molecule has 8 aromatic carbocycles. The Balaban J connectivity index is 1.33. The minimum atomic E-state index is 0.869. The van der Waals surface area contributed by atoms with Crippen LogP contribution in [0.3, 0.4) is 0 Å². The molecule has 0 radical (unpaired) electrons. The maximum Gasteiger partial charge on any atom is 0.145 e. The molecule has 9 rings (SSSR count). The van der Waals surface area contributed by atoms with Gasteiger partial charge >= 0.3 is 0 Å². The number of anilines is 3. The van der Waals surface area contributed by atoms with E-state index in [1.54, 1.807) is 0 Å². The molecule has 0 bridgehead atoms. The van der Waals surface area contributed by atoms with Crippen molar-refractivity contribution in [1.29, 1.82) is 0 Å². The molecule has 0 atom stereocenters. The monoisotopic (exact) mass is 639 g/mol. The zero-order valence-corrected chi connectivity index (χ0v) is 27.4. The van der Waals surface area contributed by atoms with Crippen LogP contribution in [0.5, 0.6) is 0 Å². The smallest absolute Gasteiger partial charge is 0.145 e. The highest BCUT2D eigenvalue weighted by atomic mass is 16.3. The summed E-state index contributed by atoms with van der Waals surface area (Å²) in [5.41, 5.74) is 14.2. The van der Waals surface area contributed by atoms with Crippen molar-refractivity contribution in [3.63, 3.8) is 0 Å². The van der Waals surface area contributed by atoms with Crippen LogP contribution in [0.4, 0.5) is 17.1 Å². The second-order valence-corrected chi connectivity index (χ2v) is 12.5. The second kappa shape index (κ2) is 12.8. The molecule has 0 unspecified atom stereocenters. The number of para-hydroxylation sites is 2. The molecule has 2 nitrogen and oxygen atoms in total. The SMILES string of the molecule is c1ccc(-c2ccccc2-c2cccc(N(c3ccccc3-c3ccccc3)c3ccc(-c4ccccc4)c4oc5ccccc5c34)c2)cc1. The first-order chi connectivity index (χ1) is 24.8. The number of benzene rings is 8. The Hall–Kier alpha value is -6.64. The summed E-state index contributed by atoms with van der Waals surface area (Å²) < 4.78 is 6.75. The number of rotatable bonds is 7. The topological polar surface area (TPSA) is 16.4 Å². The van der Waals surface area contributed by atoms with Gasteiger partial charge in [0.2, 0.25) is 0 Å². The molecule has 0 fully saturated rings. The molecule has 9 aromatic rings. The first kappa shape index (κ1) is 29.5. The number of fused-ring (bicyclic) bond motifs is 3. The molecule has 0 saturated carbocycles. The molecule has 0 amide bonds. The molecule has 0 aliphatic heterocycles. The van der Waals surface area contributed by atoms with Crippen LogP contribution in [-0.4, -0.2) is 0 Å². The second-order valence-electron chi connectivity index (χ2n) is 12.5. The molecule has 1 aromatic heterocycles. The Labute approximate surface area is 292 Å². The summed E-state index contributed by atoms with van der Waals surface area (Å²) in [6.45, 7) is 0. The molecule has 0 saturated heterocycles. The fourth-order valence-electron chi connectivity index (χ4n) is 7.20. The van der Waals surface area contributed by atoms with Crippen LogP contribution in [-0.2, 0) is 0 Å². The van der Waals surface area contributed by atoms with E-state index in [2.05, 4.69) is 199 Å². The van der Waals surface area contributed by atoms with Crippen molar-refractivity contribution in [1.82, 2.24) is 0 Å². The normalized spacial score (nSPS) is 11.2. The number of hydrogen-bond acceptors (Lipinski definition) is 2. The van der Waals surface area contributed by atoms with Gasteiger partial charge in [0.25, 0.3) is 0 Å². The van der Waals surface area contributed by atoms with Gasteiger partial charge in [-0.1, -0.05) is 164 Å². The summed E-state index contributed by atoms with van der Waals surface area (Å²) in [5.74, 6) is 0. The Morgan fingerprint density at radius 2 is 0.860 bits per heavy atom. The highest BCUT2D eigenvalue weighted by Crippen LogP contribution is 2.48. The van der Waals surface area contributed by atoms with Gasteiger partial charge in [0, 0.05) is 22.2 Å². The van der Waals surface area contributed by atoms with Crippen LogP contribution in [0.25, 0.3) is 66.4 Å². The minimum absolute atomic E-state index is 0.869. The van der Waals surface area contributed by atoms with Crippen molar-refractivity contribution in [2.45, 2.75) is 0 Å². The average Bonchev–Trinajstić information content (AvgIpc) is 3.59. The number of hydrogen-bond donors (Lipinski definition) is 0. The molecular formula is C48H33NO. The summed E-state index contributed by atoms with van der Waals surface area (Å²) >= 11 is 0. The molecule has 0 aliphatic rings. The van der Waals surface area contributed by atoms with E-state index in [0.29, 0.717) is 0 Å². The van der Waals surface area contributed by atoms with Crippen molar-refractivity contribution in [3.8, 4) is 44.5 Å². The minimum Gasteiger partial charge on any atom is -0.455 e. The van der Waals surface area contributed by atoms with E-state index in [-0.39, 0.29) is 0 Å². The van der Waals surface area contributed by atoms with Gasteiger partial charge in [-0.25, -0.2) is 0 Å². The largest absolute Gasteiger partial charge is 0.455 e. The van der Waals surface area contributed by atoms with E-state index in [4.69, 9.17) is 4.42 Å². The summed E-state index contributed by atoms with van der Waals surface area (Å²) in [5, 5.41) is 2.17. The summed E-state index contributed by atoms with van der Waals surface area (Å²) in [6, 6.07) is 71.0. The van der Waals surface area contributed by atoms with Gasteiger partial charge in [-0.05, 0) is 69.8 Å². The fraction of sp³-hybridized carbons (Fsp3) is 0. The van der Waals surface area contributed by atoms with Gasteiger partial charge in [0.05, 0.1) is 16.8 Å². The lowest BCUT2D eigenvalue weighted by molar-refractivity contribution is 0.670. The predicted molar refractivity (Wildman–Crippen MR) is 210 cm³/mol. The van der Waals surface area contributed by atoms with Gasteiger partial charge in [0.1, 0.15) is 11.2 Å². The first-order valence-electron chi connectivity index (χ1n) is 17.0. The van der Waals surface area contributed by atoms with Gasteiger partial charge in [-0.2, -0.15) is 0 Å². The predicted octanol–water partition coefficient (Wildman–Crippen LogP) is 13.7. The lowest BCUT2D eigenvalue weighted by Gasteiger charge is -2.29. The summed E-state index contributed by atoms with van der Waals surface area (Å²) in [7, 11) is 0. The lowest BCUT2D eigenvalue weighted by atomic mass is 9.94. The quantitative estimate of drug-likeness (QED) is 0.173. The van der Waals surface area contributed by atoms with Crippen LogP contribution in [0, 0.1) is 0 Å². The van der Waals surface area contributed by atoms with Crippen LogP contribution in [0.1, 0.15) is 0 Å². The molecular weight excluding hydrogens is 607 g/mol. The average molecular weight is 640 g/mol. The van der Waals surface area contributed by atoms with E-state index < -0.39 is 0 Å². The van der Waals surface area contributed by atoms with Gasteiger partial charge in [0.15, 0.2) is 0 Å². The van der Waals surface area contributed by atoms with Crippen LogP contribution < -0.4 is 4.90 Å². The zero-order valence-electron chi connectivity index (χ0n) is 27.4. The molecule has 1 heterocycles. The molecule has 0 aliphatic carbocycles. The van der Waals surface area contributed by atoms with Crippen molar-refractivity contribution >= 4 is 39.0 Å². The van der Waals surface area contributed by atoms with Crippen molar-refractivity contribution in [2.24, 2.45) is 0 Å². The van der Waals surface area contributed by atoms with Gasteiger partial charge < -0.3 is 9.32 Å². The molecule has 236 valence electrons. The van der Waals surface area contributed by atoms with Gasteiger partial charge in [-0.3, -0.25) is 0 Å². The molecule has 0 N–H and O–H groups in total. The Bertz CT molecular complexity index is 2590. The third-order valence-electron chi connectivity index (χ3n) is 9.49. The van der Waals surface area contributed by atoms with Crippen LogP contribution >= 0.6 is 0 Å². The fourth-order valence-corrected chi connectivity index (χ4v) is 7.20. The first-order valence-corrected chi connectivity index (χ1v) is 17.0. The van der Waals surface area contributed by atoms with Crippen LogP contribution in [0.15, 0.2) is 205 Å². The zero-order chi connectivity index (χ0) is 33.3. The summed E-state index contributed by atoms with van der Waals surface area (Å²) in [6.07, 6.45) is 0. The third kappa shape index (κ3) is 5.24. The number of nitrogens with zero attached hydrogens (tertiary/aromatic N) is 1. The molecule has 50 heavy (non-hydrogen) atoms. The van der Waals surface area contributed by atoms with E-state index in [0.717, 1.165) is 66.8 Å². The molecule has 2 heteroatoms. The standard InChI is InChI=1S/C48H33NO/c1-4-17-34(18-5-1)39-25-10-11-26-40(39)37-23-16-24-38(33-37)49(44-29-14-12-27-41(44)35-19-6-2-7-20-35)45-32-31-42(36-21-8-3-9-22-36)48-47(45)43-28-13-15-30-46(43)50-48/h1-33H. The summed E-state index contributed by atoms with van der Waals surface area (Å²) in [4.78, 5) is 2.41. The Morgan fingerprint density at radius 1 is 0.340 bits per heavy atom. The van der Waals surface area contributed by atoms with Crippen molar-refractivity contribution in [2.75, 3.05) is 4.90 Å². The van der Waals surface area contributed by atoms with E-state index in [1.807, 2.05) is 6.07 Å². The van der Waals surface area contributed by atoms with E-state index in [9.17, 15) is 0 Å².